The number of piperidine rings is 1. The standard InChI is InChI=1S/C18H28N2O5S/c1-14-5-7-16(8-6-14)26(22,23)25-19-13-15-9-11-20(12-10-15)17(21)24-18(2,3)4/h5-8,15,19H,9-13H2,1-4H3. The van der Waals surface area contributed by atoms with E-state index in [2.05, 4.69) is 5.48 Å². The number of nitrogens with zero attached hydrogens (tertiary/aromatic N) is 1. The van der Waals surface area contributed by atoms with Gasteiger partial charge < -0.3 is 9.64 Å². The minimum atomic E-state index is -3.82. The molecule has 26 heavy (non-hydrogen) atoms. The van der Waals surface area contributed by atoms with Crippen molar-refractivity contribution in [2.75, 3.05) is 19.6 Å². The lowest BCUT2D eigenvalue weighted by molar-refractivity contribution is 0.0174. The van der Waals surface area contributed by atoms with Crippen LogP contribution in [-0.2, 0) is 19.1 Å². The molecule has 1 aromatic carbocycles. The average molecular weight is 384 g/mol. The molecule has 0 radical (unpaired) electrons. The van der Waals surface area contributed by atoms with E-state index in [4.69, 9.17) is 9.02 Å². The summed E-state index contributed by atoms with van der Waals surface area (Å²) in [6, 6.07) is 6.49. The van der Waals surface area contributed by atoms with Gasteiger partial charge in [-0.3, -0.25) is 0 Å². The molecular weight excluding hydrogens is 356 g/mol. The highest BCUT2D eigenvalue weighted by atomic mass is 32.2. The maximum absolute atomic E-state index is 12.1. The number of nitrogens with one attached hydrogen (secondary N) is 1. The van der Waals surface area contributed by atoms with E-state index in [-0.39, 0.29) is 16.9 Å². The molecule has 2 rings (SSSR count). The van der Waals surface area contributed by atoms with Crippen LogP contribution in [0, 0.1) is 12.8 Å². The summed E-state index contributed by atoms with van der Waals surface area (Å²) in [7, 11) is -3.82. The van der Waals surface area contributed by atoms with Gasteiger partial charge in [0.05, 0.1) is 4.90 Å². The number of hydrogen-bond donors (Lipinski definition) is 1. The van der Waals surface area contributed by atoms with Crippen molar-refractivity contribution in [1.29, 1.82) is 0 Å². The number of amides is 1. The van der Waals surface area contributed by atoms with E-state index in [9.17, 15) is 13.2 Å². The van der Waals surface area contributed by atoms with E-state index in [1.54, 1.807) is 17.0 Å². The average Bonchev–Trinajstić information content (AvgIpc) is 2.54. The van der Waals surface area contributed by atoms with Gasteiger partial charge in [0.1, 0.15) is 5.60 Å². The first kappa shape index (κ1) is 20.7. The summed E-state index contributed by atoms with van der Waals surface area (Å²) in [4.78, 5) is 13.8. The molecule has 7 nitrogen and oxygen atoms in total. The summed E-state index contributed by atoms with van der Waals surface area (Å²) in [5, 5.41) is 0. The van der Waals surface area contributed by atoms with Crippen LogP contribution in [0.1, 0.15) is 39.2 Å². The van der Waals surface area contributed by atoms with Gasteiger partial charge in [-0.15, -0.1) is 0 Å². The second kappa shape index (κ2) is 8.37. The Labute approximate surface area is 155 Å². The molecule has 1 aliphatic rings. The molecule has 0 aliphatic carbocycles. The van der Waals surface area contributed by atoms with Gasteiger partial charge in [0.2, 0.25) is 0 Å². The molecule has 8 heteroatoms. The van der Waals surface area contributed by atoms with Crippen molar-refractivity contribution < 1.29 is 22.2 Å². The molecule has 0 spiro atoms. The third-order valence-corrected chi connectivity index (χ3v) is 5.30. The van der Waals surface area contributed by atoms with Gasteiger partial charge in [0, 0.05) is 19.6 Å². The van der Waals surface area contributed by atoms with Crippen LogP contribution >= 0.6 is 0 Å². The maximum atomic E-state index is 12.1. The number of hydroxylamine groups is 1. The molecule has 1 amide bonds. The van der Waals surface area contributed by atoms with Crippen LogP contribution in [-0.4, -0.2) is 44.6 Å². The fraction of sp³-hybridized carbons (Fsp3) is 0.611. The zero-order chi connectivity index (χ0) is 19.4. The third-order valence-electron chi connectivity index (χ3n) is 4.12. The Morgan fingerprint density at radius 1 is 1.19 bits per heavy atom. The zero-order valence-electron chi connectivity index (χ0n) is 15.8. The first-order valence-corrected chi connectivity index (χ1v) is 10.2. The van der Waals surface area contributed by atoms with E-state index in [0.717, 1.165) is 18.4 Å². The second-order valence-electron chi connectivity index (χ2n) is 7.61. The summed E-state index contributed by atoms with van der Waals surface area (Å²) in [6.07, 6.45) is 1.22. The minimum absolute atomic E-state index is 0.121. The molecule has 1 aliphatic heterocycles. The lowest BCUT2D eigenvalue weighted by atomic mass is 9.97. The molecule has 0 bridgehead atoms. The molecule has 0 saturated carbocycles. The van der Waals surface area contributed by atoms with E-state index in [0.29, 0.717) is 19.6 Å². The number of hydrogen-bond acceptors (Lipinski definition) is 6. The molecule has 1 fully saturated rings. The highest BCUT2D eigenvalue weighted by Crippen LogP contribution is 2.19. The van der Waals surface area contributed by atoms with Gasteiger partial charge in [-0.05, 0) is 58.6 Å². The number of carbonyl (C=O) groups is 1. The summed E-state index contributed by atoms with van der Waals surface area (Å²) < 4.78 is 34.5. The highest BCUT2D eigenvalue weighted by Gasteiger charge is 2.27. The molecule has 1 heterocycles. The van der Waals surface area contributed by atoms with Crippen molar-refractivity contribution in [2.45, 2.75) is 51.0 Å². The van der Waals surface area contributed by atoms with Gasteiger partial charge in [-0.1, -0.05) is 17.7 Å². The monoisotopic (exact) mass is 384 g/mol. The lowest BCUT2D eigenvalue weighted by Gasteiger charge is -2.33. The Hall–Kier alpha value is -1.64. The van der Waals surface area contributed by atoms with E-state index >= 15 is 0 Å². The van der Waals surface area contributed by atoms with Crippen molar-refractivity contribution in [3.8, 4) is 0 Å². The summed E-state index contributed by atoms with van der Waals surface area (Å²) in [5.41, 5.74) is 3.04. The first-order valence-electron chi connectivity index (χ1n) is 8.78. The number of benzene rings is 1. The first-order chi connectivity index (χ1) is 12.1. The van der Waals surface area contributed by atoms with Crippen molar-refractivity contribution in [3.63, 3.8) is 0 Å². The topological polar surface area (TPSA) is 84.9 Å². The molecule has 0 aromatic heterocycles. The van der Waals surface area contributed by atoms with Crippen LogP contribution in [0.3, 0.4) is 0 Å². The molecule has 0 unspecified atom stereocenters. The van der Waals surface area contributed by atoms with Crippen LogP contribution in [0.4, 0.5) is 4.79 Å². The summed E-state index contributed by atoms with van der Waals surface area (Å²) in [5.74, 6) is 0.238. The normalized spacial score (nSPS) is 16.5. The van der Waals surface area contributed by atoms with Gasteiger partial charge in [-0.25, -0.2) is 4.79 Å². The Morgan fingerprint density at radius 2 is 1.77 bits per heavy atom. The Bertz CT molecular complexity index is 702. The predicted molar refractivity (Wildman–Crippen MR) is 98.0 cm³/mol. The van der Waals surface area contributed by atoms with Gasteiger partial charge >= 0.3 is 16.2 Å². The molecule has 1 saturated heterocycles. The SMILES string of the molecule is Cc1ccc(S(=O)(=O)ONCC2CCN(C(=O)OC(C)(C)C)CC2)cc1. The Morgan fingerprint density at radius 3 is 2.31 bits per heavy atom. The van der Waals surface area contributed by atoms with Crippen molar-refractivity contribution in [3.05, 3.63) is 29.8 Å². The van der Waals surface area contributed by atoms with Crippen LogP contribution in [0.25, 0.3) is 0 Å². The van der Waals surface area contributed by atoms with E-state index in [1.807, 2.05) is 27.7 Å². The van der Waals surface area contributed by atoms with Crippen LogP contribution in [0.2, 0.25) is 0 Å². The number of likely N-dealkylation sites (tertiary alicyclic amines) is 1. The van der Waals surface area contributed by atoms with Crippen LogP contribution in [0.15, 0.2) is 29.2 Å². The summed E-state index contributed by atoms with van der Waals surface area (Å²) in [6.45, 7) is 9.00. The predicted octanol–water partition coefficient (Wildman–Crippen LogP) is 2.85. The fourth-order valence-corrected chi connectivity index (χ4v) is 3.42. The lowest BCUT2D eigenvalue weighted by Crippen LogP contribution is -2.43. The minimum Gasteiger partial charge on any atom is -0.444 e. The number of aryl methyl sites for hydroxylation is 1. The van der Waals surface area contributed by atoms with Crippen molar-refractivity contribution in [2.24, 2.45) is 5.92 Å². The van der Waals surface area contributed by atoms with Gasteiger partial charge in [0.15, 0.2) is 0 Å². The van der Waals surface area contributed by atoms with E-state index in [1.165, 1.54) is 12.1 Å². The van der Waals surface area contributed by atoms with Gasteiger partial charge in [0.25, 0.3) is 0 Å². The molecule has 1 N–H and O–H groups in total. The maximum Gasteiger partial charge on any atom is 0.410 e. The quantitative estimate of drug-likeness (QED) is 0.786. The smallest absolute Gasteiger partial charge is 0.410 e. The second-order valence-corrected chi connectivity index (χ2v) is 9.16. The van der Waals surface area contributed by atoms with Crippen molar-refractivity contribution in [1.82, 2.24) is 10.4 Å². The third kappa shape index (κ3) is 6.26. The molecular formula is C18H28N2O5S. The van der Waals surface area contributed by atoms with Crippen LogP contribution in [0.5, 0.6) is 0 Å². The van der Waals surface area contributed by atoms with Gasteiger partial charge in [-0.2, -0.15) is 18.2 Å². The Balaban J connectivity index is 1.75. The van der Waals surface area contributed by atoms with Crippen LogP contribution < -0.4 is 5.48 Å². The fourth-order valence-electron chi connectivity index (χ4n) is 2.63. The summed E-state index contributed by atoms with van der Waals surface area (Å²) >= 11 is 0. The van der Waals surface area contributed by atoms with E-state index < -0.39 is 15.7 Å². The number of rotatable bonds is 5. The largest absolute Gasteiger partial charge is 0.444 e. The number of carbonyl (C=O) groups excluding carboxylic acids is 1. The molecule has 0 atom stereocenters. The Kier molecular flexibility index (Phi) is 6.65. The number of ether oxygens (including phenoxy) is 1. The highest BCUT2D eigenvalue weighted by molar-refractivity contribution is 7.86. The van der Waals surface area contributed by atoms with Crippen molar-refractivity contribution >= 4 is 16.2 Å². The zero-order valence-corrected chi connectivity index (χ0v) is 16.6. The molecule has 146 valence electrons. The molecule has 1 aromatic rings.